The second-order valence-electron chi connectivity index (χ2n) is 10.1. The summed E-state index contributed by atoms with van der Waals surface area (Å²) < 4.78 is 0. The van der Waals surface area contributed by atoms with Gasteiger partial charge in [0.05, 0.1) is 11.2 Å². The molecule has 3 heteroatoms. The SMILES string of the molecule is CC[C@@]12CC(C)(O)C(O)(c3ccccc3)C[C@H]1CCc1cc(C(C)(C)O)ccc12. The number of aliphatic hydroxyl groups is 3. The Morgan fingerprint density at radius 1 is 1.07 bits per heavy atom. The topological polar surface area (TPSA) is 60.7 Å². The number of aryl methyl sites for hydroxylation is 1. The first kappa shape index (κ1) is 20.6. The molecule has 4 rings (SSSR count). The van der Waals surface area contributed by atoms with Crippen molar-refractivity contribution in [1.29, 1.82) is 0 Å². The van der Waals surface area contributed by atoms with Crippen molar-refractivity contribution < 1.29 is 15.3 Å². The molecule has 0 aromatic heterocycles. The number of fused-ring (bicyclic) bond motifs is 3. The molecule has 2 aliphatic carbocycles. The van der Waals surface area contributed by atoms with E-state index in [9.17, 15) is 15.3 Å². The molecule has 1 saturated carbocycles. The van der Waals surface area contributed by atoms with E-state index in [1.807, 2.05) is 50.2 Å². The molecule has 0 aliphatic heterocycles. The van der Waals surface area contributed by atoms with Gasteiger partial charge in [0.15, 0.2) is 0 Å². The molecule has 2 aromatic carbocycles. The summed E-state index contributed by atoms with van der Waals surface area (Å²) in [5, 5.41) is 33.8. The van der Waals surface area contributed by atoms with Crippen LogP contribution in [0.15, 0.2) is 48.5 Å². The Morgan fingerprint density at radius 2 is 1.76 bits per heavy atom. The van der Waals surface area contributed by atoms with Crippen molar-refractivity contribution in [2.24, 2.45) is 5.92 Å². The molecule has 2 aliphatic rings. The Hall–Kier alpha value is -1.68. The number of hydrogen-bond acceptors (Lipinski definition) is 3. The van der Waals surface area contributed by atoms with E-state index in [1.165, 1.54) is 11.1 Å². The molecular formula is C26H34O3. The lowest BCUT2D eigenvalue weighted by atomic mass is 9.48. The van der Waals surface area contributed by atoms with Crippen LogP contribution in [-0.2, 0) is 23.0 Å². The van der Waals surface area contributed by atoms with Crippen LogP contribution in [-0.4, -0.2) is 20.9 Å². The molecule has 0 spiro atoms. The summed E-state index contributed by atoms with van der Waals surface area (Å²) in [7, 11) is 0. The van der Waals surface area contributed by atoms with Crippen LogP contribution in [0.5, 0.6) is 0 Å². The van der Waals surface area contributed by atoms with Crippen LogP contribution in [0.3, 0.4) is 0 Å². The Labute approximate surface area is 174 Å². The predicted octanol–water partition coefficient (Wildman–Crippen LogP) is 4.56. The quantitative estimate of drug-likeness (QED) is 0.715. The molecule has 0 radical (unpaired) electrons. The molecule has 3 nitrogen and oxygen atoms in total. The van der Waals surface area contributed by atoms with Gasteiger partial charge in [0, 0.05) is 5.41 Å². The van der Waals surface area contributed by atoms with E-state index in [4.69, 9.17) is 0 Å². The van der Waals surface area contributed by atoms with Crippen molar-refractivity contribution in [3.05, 3.63) is 70.8 Å². The lowest BCUT2D eigenvalue weighted by Gasteiger charge is -2.59. The number of rotatable bonds is 3. The molecule has 1 fully saturated rings. The fourth-order valence-electron chi connectivity index (χ4n) is 6.11. The molecule has 0 bridgehead atoms. The molecule has 4 atom stereocenters. The highest BCUT2D eigenvalue weighted by Crippen LogP contribution is 2.60. The zero-order chi connectivity index (χ0) is 21.1. The third kappa shape index (κ3) is 3.06. The Bertz CT molecular complexity index is 896. The first-order chi connectivity index (χ1) is 13.5. The fourth-order valence-corrected chi connectivity index (χ4v) is 6.11. The minimum Gasteiger partial charge on any atom is -0.387 e. The fraction of sp³-hybridized carbons (Fsp3) is 0.538. The zero-order valence-corrected chi connectivity index (χ0v) is 18.1. The van der Waals surface area contributed by atoms with Gasteiger partial charge in [-0.1, -0.05) is 55.5 Å². The summed E-state index contributed by atoms with van der Waals surface area (Å²) in [6.07, 6.45) is 3.94. The van der Waals surface area contributed by atoms with Gasteiger partial charge in [0.2, 0.25) is 0 Å². The third-order valence-electron chi connectivity index (χ3n) is 7.87. The molecule has 0 saturated heterocycles. The number of benzene rings is 2. The maximum absolute atomic E-state index is 11.7. The summed E-state index contributed by atoms with van der Waals surface area (Å²) in [5.41, 5.74) is 0.810. The van der Waals surface area contributed by atoms with Crippen molar-refractivity contribution in [2.75, 3.05) is 0 Å². The van der Waals surface area contributed by atoms with E-state index in [0.717, 1.165) is 30.4 Å². The van der Waals surface area contributed by atoms with Crippen molar-refractivity contribution in [3.63, 3.8) is 0 Å². The van der Waals surface area contributed by atoms with E-state index in [1.54, 1.807) is 6.92 Å². The maximum Gasteiger partial charge on any atom is 0.118 e. The van der Waals surface area contributed by atoms with Gasteiger partial charge in [-0.25, -0.2) is 0 Å². The smallest absolute Gasteiger partial charge is 0.118 e. The monoisotopic (exact) mass is 394 g/mol. The lowest BCUT2D eigenvalue weighted by Crippen LogP contribution is -2.62. The highest BCUT2D eigenvalue weighted by molar-refractivity contribution is 5.44. The van der Waals surface area contributed by atoms with Gasteiger partial charge in [-0.3, -0.25) is 0 Å². The number of hydrogen-bond donors (Lipinski definition) is 3. The molecule has 3 N–H and O–H groups in total. The average Bonchev–Trinajstić information content (AvgIpc) is 2.68. The van der Waals surface area contributed by atoms with Crippen molar-refractivity contribution >= 4 is 0 Å². The summed E-state index contributed by atoms with van der Waals surface area (Å²) in [4.78, 5) is 0. The van der Waals surface area contributed by atoms with Crippen LogP contribution >= 0.6 is 0 Å². The van der Waals surface area contributed by atoms with E-state index < -0.39 is 16.8 Å². The van der Waals surface area contributed by atoms with Crippen molar-refractivity contribution in [3.8, 4) is 0 Å². The van der Waals surface area contributed by atoms with E-state index >= 15 is 0 Å². The second-order valence-corrected chi connectivity index (χ2v) is 10.1. The summed E-state index contributed by atoms with van der Waals surface area (Å²) in [6.45, 7) is 7.64. The van der Waals surface area contributed by atoms with Crippen LogP contribution in [0.1, 0.15) is 75.6 Å². The highest BCUT2D eigenvalue weighted by Gasteiger charge is 2.60. The van der Waals surface area contributed by atoms with Crippen LogP contribution in [0, 0.1) is 5.92 Å². The van der Waals surface area contributed by atoms with Gasteiger partial charge in [-0.2, -0.15) is 0 Å². The Kier molecular flexibility index (Phi) is 4.73. The van der Waals surface area contributed by atoms with E-state index in [0.29, 0.717) is 18.8 Å². The van der Waals surface area contributed by atoms with Crippen LogP contribution < -0.4 is 0 Å². The second kappa shape index (κ2) is 6.66. The Balaban J connectivity index is 1.80. The van der Waals surface area contributed by atoms with Crippen LogP contribution in [0.25, 0.3) is 0 Å². The first-order valence-electron chi connectivity index (χ1n) is 10.9. The molecule has 0 heterocycles. The third-order valence-corrected chi connectivity index (χ3v) is 7.87. The minimum atomic E-state index is -1.25. The van der Waals surface area contributed by atoms with E-state index in [2.05, 4.69) is 19.1 Å². The standard InChI is InChI=1S/C26H34O3/c1-5-25-17-24(4,28)26(29,19-9-7-6-8-10-19)16-21(25)12-11-18-15-20(23(2,3)27)13-14-22(18)25/h6-10,13-15,21,27-29H,5,11-12,16-17H2,1-4H3/t21-,24?,25-,26?/m1/s1. The lowest BCUT2D eigenvalue weighted by molar-refractivity contribution is -0.205. The van der Waals surface area contributed by atoms with Gasteiger partial charge in [-0.05, 0) is 81.0 Å². The normalized spacial score (nSPS) is 34.4. The van der Waals surface area contributed by atoms with Crippen molar-refractivity contribution in [2.45, 2.75) is 82.0 Å². The molecule has 156 valence electrons. The Morgan fingerprint density at radius 3 is 2.38 bits per heavy atom. The average molecular weight is 395 g/mol. The largest absolute Gasteiger partial charge is 0.387 e. The molecule has 2 unspecified atom stereocenters. The summed E-state index contributed by atoms with van der Waals surface area (Å²) >= 11 is 0. The molecule has 2 aromatic rings. The van der Waals surface area contributed by atoms with Crippen molar-refractivity contribution in [1.82, 2.24) is 0 Å². The molecule has 29 heavy (non-hydrogen) atoms. The van der Waals surface area contributed by atoms with Gasteiger partial charge in [0.1, 0.15) is 5.60 Å². The van der Waals surface area contributed by atoms with E-state index in [-0.39, 0.29) is 5.41 Å². The van der Waals surface area contributed by atoms with Gasteiger partial charge < -0.3 is 15.3 Å². The van der Waals surface area contributed by atoms with Gasteiger partial charge >= 0.3 is 0 Å². The van der Waals surface area contributed by atoms with Crippen LogP contribution in [0.4, 0.5) is 0 Å². The maximum atomic E-state index is 11.7. The molecule has 0 amide bonds. The highest BCUT2D eigenvalue weighted by atomic mass is 16.4. The zero-order valence-electron chi connectivity index (χ0n) is 18.1. The van der Waals surface area contributed by atoms with Gasteiger partial charge in [-0.15, -0.1) is 0 Å². The predicted molar refractivity (Wildman–Crippen MR) is 116 cm³/mol. The summed E-state index contributed by atoms with van der Waals surface area (Å²) in [6, 6.07) is 16.0. The minimum absolute atomic E-state index is 0.157. The first-order valence-corrected chi connectivity index (χ1v) is 10.9. The van der Waals surface area contributed by atoms with Gasteiger partial charge in [0.25, 0.3) is 0 Å². The van der Waals surface area contributed by atoms with Crippen LogP contribution in [0.2, 0.25) is 0 Å². The molecular weight excluding hydrogens is 360 g/mol. The summed E-state index contributed by atoms with van der Waals surface area (Å²) in [5.74, 6) is 0.304.